The molecule has 0 radical (unpaired) electrons. The highest BCUT2D eigenvalue weighted by atomic mass is 32.2. The van der Waals surface area contributed by atoms with Crippen molar-refractivity contribution in [3.05, 3.63) is 0 Å². The SMILES string of the molecule is CN(C1CCCSC1)S(N)(=O)=O. The maximum atomic E-state index is 10.9. The summed E-state index contributed by atoms with van der Waals surface area (Å²) in [6.45, 7) is 0. The van der Waals surface area contributed by atoms with Gasteiger partial charge in [-0.15, -0.1) is 0 Å². The fourth-order valence-corrected chi connectivity index (χ4v) is 3.11. The van der Waals surface area contributed by atoms with Gasteiger partial charge < -0.3 is 0 Å². The molecule has 0 aromatic rings. The molecule has 0 bridgehead atoms. The lowest BCUT2D eigenvalue weighted by molar-refractivity contribution is 0.370. The molecule has 1 heterocycles. The summed E-state index contributed by atoms with van der Waals surface area (Å²) in [5.41, 5.74) is 0. The summed E-state index contributed by atoms with van der Waals surface area (Å²) < 4.78 is 23.1. The summed E-state index contributed by atoms with van der Waals surface area (Å²) in [6, 6.07) is 0.0961. The molecule has 1 unspecified atom stereocenters. The van der Waals surface area contributed by atoms with Gasteiger partial charge in [0, 0.05) is 18.8 Å². The second-order valence-electron chi connectivity index (χ2n) is 2.93. The minimum Gasteiger partial charge on any atom is -0.216 e. The van der Waals surface area contributed by atoms with E-state index in [1.807, 2.05) is 0 Å². The van der Waals surface area contributed by atoms with E-state index in [2.05, 4.69) is 0 Å². The van der Waals surface area contributed by atoms with Crippen molar-refractivity contribution in [2.45, 2.75) is 18.9 Å². The summed E-state index contributed by atoms with van der Waals surface area (Å²) in [5, 5.41) is 5.00. The first-order valence-corrected chi connectivity index (χ1v) is 6.51. The van der Waals surface area contributed by atoms with Gasteiger partial charge in [0.05, 0.1) is 0 Å². The molecule has 1 saturated heterocycles. The molecule has 0 amide bonds. The first-order valence-electron chi connectivity index (χ1n) is 3.85. The van der Waals surface area contributed by atoms with Gasteiger partial charge in [-0.25, -0.2) is 5.14 Å². The minimum atomic E-state index is -3.48. The molecule has 2 N–H and O–H groups in total. The number of nitrogens with two attached hydrogens (primary N) is 1. The van der Waals surface area contributed by atoms with Crippen molar-refractivity contribution in [2.75, 3.05) is 18.6 Å². The Morgan fingerprint density at radius 2 is 2.25 bits per heavy atom. The van der Waals surface area contributed by atoms with Gasteiger partial charge in [-0.2, -0.15) is 24.5 Å². The number of nitrogens with zero attached hydrogens (tertiary/aromatic N) is 1. The van der Waals surface area contributed by atoms with Gasteiger partial charge in [0.2, 0.25) is 0 Å². The van der Waals surface area contributed by atoms with Crippen LogP contribution in [0.3, 0.4) is 0 Å². The van der Waals surface area contributed by atoms with Crippen molar-refractivity contribution in [1.82, 2.24) is 4.31 Å². The van der Waals surface area contributed by atoms with Crippen LogP contribution in [0.15, 0.2) is 0 Å². The van der Waals surface area contributed by atoms with Gasteiger partial charge >= 0.3 is 0 Å². The average molecular weight is 210 g/mol. The van der Waals surface area contributed by atoms with Crippen molar-refractivity contribution in [2.24, 2.45) is 5.14 Å². The molecule has 4 nitrogen and oxygen atoms in total. The van der Waals surface area contributed by atoms with Crippen molar-refractivity contribution in [3.8, 4) is 0 Å². The zero-order valence-electron chi connectivity index (χ0n) is 7.06. The molecule has 6 heteroatoms. The summed E-state index contributed by atoms with van der Waals surface area (Å²) in [7, 11) is -1.93. The van der Waals surface area contributed by atoms with E-state index < -0.39 is 10.2 Å². The Kier molecular flexibility index (Phi) is 3.39. The van der Waals surface area contributed by atoms with E-state index >= 15 is 0 Å². The molecule has 1 aliphatic rings. The first kappa shape index (κ1) is 10.3. The monoisotopic (exact) mass is 210 g/mol. The highest BCUT2D eigenvalue weighted by Gasteiger charge is 2.24. The molecule has 1 atom stereocenters. The standard InChI is InChI=1S/C6H14N2O2S2/c1-8(12(7,9)10)6-3-2-4-11-5-6/h6H,2-5H2,1H3,(H2,7,9,10). The van der Waals surface area contributed by atoms with E-state index in [4.69, 9.17) is 5.14 Å². The van der Waals surface area contributed by atoms with Crippen LogP contribution < -0.4 is 5.14 Å². The molecule has 0 aromatic heterocycles. The second-order valence-corrected chi connectivity index (χ2v) is 5.69. The second kappa shape index (κ2) is 3.95. The molecule has 0 aliphatic carbocycles. The number of hydrogen-bond donors (Lipinski definition) is 1. The highest BCUT2D eigenvalue weighted by molar-refractivity contribution is 7.99. The summed E-state index contributed by atoms with van der Waals surface area (Å²) in [6.07, 6.45) is 2.01. The third-order valence-electron chi connectivity index (χ3n) is 2.05. The molecule has 12 heavy (non-hydrogen) atoms. The smallest absolute Gasteiger partial charge is 0.216 e. The Balaban J connectivity index is 2.57. The summed E-state index contributed by atoms with van der Waals surface area (Å²) in [4.78, 5) is 0. The average Bonchev–Trinajstić information content (AvgIpc) is 2.03. The molecule has 1 rings (SSSR count). The zero-order chi connectivity index (χ0) is 9.19. The van der Waals surface area contributed by atoms with Crippen molar-refractivity contribution < 1.29 is 8.42 Å². The molecule has 0 saturated carbocycles. The quantitative estimate of drug-likeness (QED) is 0.698. The third-order valence-corrected chi connectivity index (χ3v) is 4.35. The highest BCUT2D eigenvalue weighted by Crippen LogP contribution is 2.21. The number of rotatable bonds is 2. The van der Waals surface area contributed by atoms with Crippen LogP contribution in [-0.2, 0) is 10.2 Å². The first-order chi connectivity index (χ1) is 5.52. The van der Waals surface area contributed by atoms with Crippen LogP contribution >= 0.6 is 11.8 Å². The van der Waals surface area contributed by atoms with Crippen molar-refractivity contribution >= 4 is 22.0 Å². The van der Waals surface area contributed by atoms with Gasteiger partial charge in [0.25, 0.3) is 10.2 Å². The Morgan fingerprint density at radius 1 is 1.58 bits per heavy atom. The zero-order valence-corrected chi connectivity index (χ0v) is 8.70. The maximum Gasteiger partial charge on any atom is 0.276 e. The Labute approximate surface area is 77.7 Å². The number of hydrogen-bond acceptors (Lipinski definition) is 3. The van der Waals surface area contributed by atoms with Gasteiger partial charge in [0.1, 0.15) is 0 Å². The van der Waals surface area contributed by atoms with Crippen LogP contribution in [-0.4, -0.2) is 37.3 Å². The lowest BCUT2D eigenvalue weighted by Gasteiger charge is -2.28. The van der Waals surface area contributed by atoms with Gasteiger partial charge in [-0.1, -0.05) is 0 Å². The van der Waals surface area contributed by atoms with Crippen LogP contribution in [0.4, 0.5) is 0 Å². The minimum absolute atomic E-state index is 0.0961. The molecule has 0 aromatic carbocycles. The maximum absolute atomic E-state index is 10.9. The van der Waals surface area contributed by atoms with Crippen LogP contribution in [0.2, 0.25) is 0 Å². The van der Waals surface area contributed by atoms with Crippen LogP contribution in [0.1, 0.15) is 12.8 Å². The van der Waals surface area contributed by atoms with E-state index in [0.29, 0.717) is 0 Å². The van der Waals surface area contributed by atoms with Gasteiger partial charge in [0.15, 0.2) is 0 Å². The number of thioether (sulfide) groups is 1. The van der Waals surface area contributed by atoms with E-state index in [-0.39, 0.29) is 6.04 Å². The lowest BCUT2D eigenvalue weighted by Crippen LogP contribution is -2.43. The fraction of sp³-hybridized carbons (Fsp3) is 1.00. The van der Waals surface area contributed by atoms with Crippen molar-refractivity contribution in [1.29, 1.82) is 0 Å². The molecular weight excluding hydrogens is 196 g/mol. The van der Waals surface area contributed by atoms with Crippen LogP contribution in [0, 0.1) is 0 Å². The predicted molar refractivity (Wildman–Crippen MR) is 51.2 cm³/mol. The summed E-state index contributed by atoms with van der Waals surface area (Å²) >= 11 is 1.79. The largest absolute Gasteiger partial charge is 0.276 e. The van der Waals surface area contributed by atoms with E-state index in [1.165, 1.54) is 4.31 Å². The molecule has 1 fully saturated rings. The molecule has 0 spiro atoms. The summed E-state index contributed by atoms with van der Waals surface area (Å²) in [5.74, 6) is 2.00. The molecule has 72 valence electrons. The Bertz CT molecular complexity index is 234. The third kappa shape index (κ3) is 2.62. The predicted octanol–water partition coefficient (Wildman–Crippen LogP) is 0.0173. The van der Waals surface area contributed by atoms with Gasteiger partial charge in [-0.05, 0) is 18.6 Å². The lowest BCUT2D eigenvalue weighted by atomic mass is 10.2. The topological polar surface area (TPSA) is 63.4 Å². The van der Waals surface area contributed by atoms with E-state index in [0.717, 1.165) is 24.3 Å². The van der Waals surface area contributed by atoms with Crippen LogP contribution in [0.5, 0.6) is 0 Å². The van der Waals surface area contributed by atoms with Gasteiger partial charge in [-0.3, -0.25) is 0 Å². The van der Waals surface area contributed by atoms with E-state index in [9.17, 15) is 8.42 Å². The van der Waals surface area contributed by atoms with E-state index in [1.54, 1.807) is 18.8 Å². The Morgan fingerprint density at radius 3 is 2.67 bits per heavy atom. The van der Waals surface area contributed by atoms with Crippen molar-refractivity contribution in [3.63, 3.8) is 0 Å². The fourth-order valence-electron chi connectivity index (χ4n) is 1.22. The molecule has 1 aliphatic heterocycles. The normalized spacial score (nSPS) is 26.1. The van der Waals surface area contributed by atoms with Crippen LogP contribution in [0.25, 0.3) is 0 Å². The Hall–Kier alpha value is 0.220. The molecular formula is C6H14N2O2S2.